The van der Waals surface area contributed by atoms with Crippen molar-refractivity contribution >= 4 is 12.0 Å². The Hall–Kier alpha value is -2.04. The SMILES string of the molecule is CC(C)C(CC(C)(C)C)NC(=O)C(NC(=O)OC(C)(C)C)c1ccccc1. The summed E-state index contributed by atoms with van der Waals surface area (Å²) in [5.74, 6) is 0.0566. The third kappa shape index (κ3) is 8.94. The highest BCUT2D eigenvalue weighted by Gasteiger charge is 2.29. The van der Waals surface area contributed by atoms with Crippen LogP contribution in [0.3, 0.4) is 0 Å². The summed E-state index contributed by atoms with van der Waals surface area (Å²) in [6.45, 7) is 16.0. The molecule has 0 aliphatic carbocycles. The fraction of sp³-hybridized carbons (Fsp3) is 0.636. The molecule has 0 fully saturated rings. The first-order valence-corrected chi connectivity index (χ1v) is 9.63. The molecule has 0 radical (unpaired) electrons. The second kappa shape index (κ2) is 9.25. The van der Waals surface area contributed by atoms with E-state index in [1.807, 2.05) is 30.3 Å². The number of nitrogens with one attached hydrogen (secondary N) is 2. The number of rotatable bonds is 6. The van der Waals surface area contributed by atoms with E-state index >= 15 is 0 Å². The highest BCUT2D eigenvalue weighted by atomic mass is 16.6. The Morgan fingerprint density at radius 3 is 1.96 bits per heavy atom. The summed E-state index contributed by atoms with van der Waals surface area (Å²) in [7, 11) is 0. The Morgan fingerprint density at radius 1 is 0.963 bits per heavy atom. The second-order valence-electron chi connectivity index (χ2n) is 9.61. The van der Waals surface area contributed by atoms with Crippen LogP contribution in [0.5, 0.6) is 0 Å². The number of carbonyl (C=O) groups excluding carboxylic acids is 2. The Labute approximate surface area is 164 Å². The average molecular weight is 377 g/mol. The van der Waals surface area contributed by atoms with Crippen molar-refractivity contribution in [1.29, 1.82) is 0 Å². The van der Waals surface area contributed by atoms with Crippen LogP contribution in [0.15, 0.2) is 30.3 Å². The molecule has 5 nitrogen and oxygen atoms in total. The van der Waals surface area contributed by atoms with E-state index in [1.165, 1.54) is 0 Å². The maximum atomic E-state index is 13.1. The Balaban J connectivity index is 3.00. The molecular weight excluding hydrogens is 340 g/mol. The summed E-state index contributed by atoms with van der Waals surface area (Å²) in [4.78, 5) is 25.3. The van der Waals surface area contributed by atoms with E-state index in [9.17, 15) is 9.59 Å². The molecule has 2 amide bonds. The van der Waals surface area contributed by atoms with Gasteiger partial charge in [0.25, 0.3) is 0 Å². The summed E-state index contributed by atoms with van der Waals surface area (Å²) in [6, 6.07) is 8.45. The summed E-state index contributed by atoms with van der Waals surface area (Å²) in [6.07, 6.45) is 0.244. The van der Waals surface area contributed by atoms with Crippen molar-refractivity contribution in [2.75, 3.05) is 0 Å². The molecule has 0 saturated heterocycles. The molecule has 1 aromatic rings. The summed E-state index contributed by atoms with van der Waals surface area (Å²) in [5, 5.41) is 5.85. The summed E-state index contributed by atoms with van der Waals surface area (Å²) >= 11 is 0. The molecule has 1 aromatic carbocycles. The van der Waals surface area contributed by atoms with Crippen LogP contribution in [0.2, 0.25) is 0 Å². The highest BCUT2D eigenvalue weighted by molar-refractivity contribution is 5.87. The Morgan fingerprint density at radius 2 is 1.52 bits per heavy atom. The molecule has 1 rings (SSSR count). The van der Waals surface area contributed by atoms with Crippen LogP contribution in [0, 0.1) is 11.3 Å². The lowest BCUT2D eigenvalue weighted by atomic mass is 9.84. The number of hydrogen-bond acceptors (Lipinski definition) is 3. The van der Waals surface area contributed by atoms with Gasteiger partial charge in [0.15, 0.2) is 0 Å². The van der Waals surface area contributed by atoms with Crippen LogP contribution in [0.1, 0.15) is 73.4 Å². The van der Waals surface area contributed by atoms with Gasteiger partial charge in [0, 0.05) is 6.04 Å². The molecule has 0 bridgehead atoms. The van der Waals surface area contributed by atoms with Crippen molar-refractivity contribution in [3.05, 3.63) is 35.9 Å². The third-order valence-corrected chi connectivity index (χ3v) is 4.02. The normalized spacial score (nSPS) is 14.4. The van der Waals surface area contributed by atoms with E-state index in [0.29, 0.717) is 0 Å². The first-order valence-electron chi connectivity index (χ1n) is 9.63. The predicted molar refractivity (Wildman–Crippen MR) is 109 cm³/mol. The topological polar surface area (TPSA) is 67.4 Å². The lowest BCUT2D eigenvalue weighted by molar-refractivity contribution is -0.124. The van der Waals surface area contributed by atoms with Gasteiger partial charge in [0.05, 0.1) is 0 Å². The largest absolute Gasteiger partial charge is 0.444 e. The highest BCUT2D eigenvalue weighted by Crippen LogP contribution is 2.25. The van der Waals surface area contributed by atoms with Crippen LogP contribution < -0.4 is 10.6 Å². The standard InChI is InChI=1S/C22H36N2O3/c1-15(2)17(14-21(3,4)5)23-19(25)18(16-12-10-9-11-13-16)24-20(26)27-22(6,7)8/h9-13,15,17-18H,14H2,1-8H3,(H,23,25)(H,24,26). The van der Waals surface area contributed by atoms with Crippen LogP contribution in [-0.4, -0.2) is 23.6 Å². The van der Waals surface area contributed by atoms with Crippen molar-refractivity contribution in [1.82, 2.24) is 10.6 Å². The van der Waals surface area contributed by atoms with Gasteiger partial charge >= 0.3 is 6.09 Å². The predicted octanol–water partition coefficient (Wildman–Crippen LogP) is 4.83. The molecule has 2 atom stereocenters. The smallest absolute Gasteiger partial charge is 0.408 e. The van der Waals surface area contributed by atoms with Crippen LogP contribution in [0.4, 0.5) is 4.79 Å². The van der Waals surface area contributed by atoms with Gasteiger partial charge in [-0.3, -0.25) is 4.79 Å². The van der Waals surface area contributed by atoms with Gasteiger partial charge in [-0.05, 0) is 44.1 Å². The van der Waals surface area contributed by atoms with E-state index < -0.39 is 17.7 Å². The first kappa shape index (κ1) is 23.0. The number of hydrogen-bond donors (Lipinski definition) is 2. The first-order chi connectivity index (χ1) is 12.3. The maximum Gasteiger partial charge on any atom is 0.408 e. The second-order valence-corrected chi connectivity index (χ2v) is 9.61. The number of benzene rings is 1. The van der Waals surface area contributed by atoms with E-state index in [2.05, 4.69) is 45.3 Å². The summed E-state index contributed by atoms with van der Waals surface area (Å²) in [5.41, 5.74) is 0.177. The Bertz CT molecular complexity index is 613. The molecule has 0 aliphatic rings. The van der Waals surface area contributed by atoms with E-state index in [4.69, 9.17) is 4.74 Å². The van der Waals surface area contributed by atoms with Crippen LogP contribution in [-0.2, 0) is 9.53 Å². The molecule has 0 aromatic heterocycles. The molecule has 0 aliphatic heterocycles. The molecule has 152 valence electrons. The minimum atomic E-state index is -0.803. The molecule has 2 N–H and O–H groups in total. The third-order valence-electron chi connectivity index (χ3n) is 4.02. The zero-order chi connectivity index (χ0) is 20.8. The molecule has 0 spiro atoms. The monoisotopic (exact) mass is 376 g/mol. The minimum absolute atomic E-state index is 0.0177. The van der Waals surface area contributed by atoms with Crippen molar-refractivity contribution in [3.63, 3.8) is 0 Å². The lowest BCUT2D eigenvalue weighted by Crippen LogP contribution is -2.48. The van der Waals surface area contributed by atoms with Crippen LogP contribution in [0.25, 0.3) is 0 Å². The van der Waals surface area contributed by atoms with Crippen molar-refractivity contribution < 1.29 is 14.3 Å². The molecule has 2 unspecified atom stereocenters. The number of ether oxygens (including phenoxy) is 1. The number of amides is 2. The Kier molecular flexibility index (Phi) is 7.88. The van der Waals surface area contributed by atoms with Crippen LogP contribution >= 0.6 is 0 Å². The molecule has 5 heteroatoms. The average Bonchev–Trinajstić information content (AvgIpc) is 2.49. The molecular formula is C22H36N2O3. The van der Waals surface area contributed by atoms with E-state index in [-0.39, 0.29) is 23.3 Å². The fourth-order valence-corrected chi connectivity index (χ4v) is 2.75. The van der Waals surface area contributed by atoms with Gasteiger partial charge < -0.3 is 15.4 Å². The van der Waals surface area contributed by atoms with Gasteiger partial charge in [-0.1, -0.05) is 65.0 Å². The van der Waals surface area contributed by atoms with Crippen molar-refractivity contribution in [3.8, 4) is 0 Å². The van der Waals surface area contributed by atoms with Gasteiger partial charge in [-0.25, -0.2) is 4.79 Å². The fourth-order valence-electron chi connectivity index (χ4n) is 2.75. The minimum Gasteiger partial charge on any atom is -0.444 e. The van der Waals surface area contributed by atoms with E-state index in [0.717, 1.165) is 12.0 Å². The zero-order valence-corrected chi connectivity index (χ0v) is 18.1. The van der Waals surface area contributed by atoms with Crippen molar-refractivity contribution in [2.24, 2.45) is 11.3 Å². The van der Waals surface area contributed by atoms with Gasteiger partial charge in [0.1, 0.15) is 11.6 Å². The number of carbonyl (C=O) groups is 2. The van der Waals surface area contributed by atoms with Gasteiger partial charge in [0.2, 0.25) is 5.91 Å². The molecule has 0 saturated carbocycles. The number of alkyl carbamates (subject to hydrolysis) is 1. The van der Waals surface area contributed by atoms with E-state index in [1.54, 1.807) is 20.8 Å². The van der Waals surface area contributed by atoms with Gasteiger partial charge in [-0.15, -0.1) is 0 Å². The molecule has 27 heavy (non-hydrogen) atoms. The van der Waals surface area contributed by atoms with Crippen molar-refractivity contribution in [2.45, 2.75) is 79.5 Å². The molecule has 0 heterocycles. The maximum absolute atomic E-state index is 13.1. The van der Waals surface area contributed by atoms with Gasteiger partial charge in [-0.2, -0.15) is 0 Å². The quantitative estimate of drug-likeness (QED) is 0.747. The lowest BCUT2D eigenvalue weighted by Gasteiger charge is -2.31. The summed E-state index contributed by atoms with van der Waals surface area (Å²) < 4.78 is 5.34. The zero-order valence-electron chi connectivity index (χ0n) is 18.1.